The average molecular weight is 287 g/mol. The standard InChI is InChI=1S/C14H17N5O2/c1-9(13(20)18-14(21)16-2)19-7-6-17-12(19)10-4-3-5-11(15)8-10/h3-9H,15H2,1-2H3,(H2,16,18,20,21). The zero-order valence-corrected chi connectivity index (χ0v) is 11.8. The number of anilines is 1. The van der Waals surface area contributed by atoms with Gasteiger partial charge >= 0.3 is 6.03 Å². The number of imide groups is 1. The summed E-state index contributed by atoms with van der Waals surface area (Å²) in [5.41, 5.74) is 7.19. The third-order valence-electron chi connectivity index (χ3n) is 3.07. The Morgan fingerprint density at radius 1 is 1.38 bits per heavy atom. The number of nitrogen functional groups attached to an aromatic ring is 1. The molecular weight excluding hydrogens is 270 g/mol. The number of aromatic nitrogens is 2. The molecule has 0 fully saturated rings. The molecule has 21 heavy (non-hydrogen) atoms. The summed E-state index contributed by atoms with van der Waals surface area (Å²) in [6.45, 7) is 1.69. The van der Waals surface area contributed by atoms with Gasteiger partial charge < -0.3 is 15.6 Å². The molecule has 7 heteroatoms. The molecule has 0 saturated carbocycles. The van der Waals surface area contributed by atoms with Crippen molar-refractivity contribution in [1.82, 2.24) is 20.2 Å². The van der Waals surface area contributed by atoms with Crippen molar-refractivity contribution in [2.24, 2.45) is 0 Å². The van der Waals surface area contributed by atoms with Crippen LogP contribution in [0.4, 0.5) is 10.5 Å². The first-order valence-electron chi connectivity index (χ1n) is 6.44. The minimum Gasteiger partial charge on any atom is -0.399 e. The van der Waals surface area contributed by atoms with E-state index in [1.807, 2.05) is 12.1 Å². The maximum absolute atomic E-state index is 12.0. The molecule has 7 nitrogen and oxygen atoms in total. The zero-order valence-electron chi connectivity index (χ0n) is 11.8. The van der Waals surface area contributed by atoms with Crippen LogP contribution in [0.3, 0.4) is 0 Å². The Morgan fingerprint density at radius 2 is 2.14 bits per heavy atom. The highest BCUT2D eigenvalue weighted by molar-refractivity contribution is 5.96. The van der Waals surface area contributed by atoms with Crippen molar-refractivity contribution in [3.8, 4) is 11.4 Å². The quantitative estimate of drug-likeness (QED) is 0.737. The third-order valence-corrected chi connectivity index (χ3v) is 3.07. The summed E-state index contributed by atoms with van der Waals surface area (Å²) in [7, 11) is 1.45. The molecule has 0 aliphatic carbocycles. The second-order valence-corrected chi connectivity index (χ2v) is 4.53. The zero-order chi connectivity index (χ0) is 15.4. The summed E-state index contributed by atoms with van der Waals surface area (Å²) in [4.78, 5) is 27.5. The van der Waals surface area contributed by atoms with Gasteiger partial charge in [0.1, 0.15) is 11.9 Å². The molecule has 1 aromatic carbocycles. The van der Waals surface area contributed by atoms with Gasteiger partial charge in [0.25, 0.3) is 5.91 Å². The molecule has 110 valence electrons. The van der Waals surface area contributed by atoms with E-state index in [1.54, 1.807) is 36.0 Å². The van der Waals surface area contributed by atoms with E-state index in [4.69, 9.17) is 5.73 Å². The SMILES string of the molecule is CNC(=O)NC(=O)C(C)n1ccnc1-c1cccc(N)c1. The van der Waals surface area contributed by atoms with E-state index in [1.165, 1.54) is 7.05 Å². The maximum atomic E-state index is 12.0. The molecule has 0 spiro atoms. The normalized spacial score (nSPS) is 11.7. The Hall–Kier alpha value is -2.83. The Balaban J connectivity index is 2.28. The first kappa shape index (κ1) is 14.6. The van der Waals surface area contributed by atoms with E-state index in [0.29, 0.717) is 11.5 Å². The molecule has 0 saturated heterocycles. The predicted molar refractivity (Wildman–Crippen MR) is 79.4 cm³/mol. The molecule has 0 bridgehead atoms. The fourth-order valence-corrected chi connectivity index (χ4v) is 1.93. The highest BCUT2D eigenvalue weighted by atomic mass is 16.2. The van der Waals surface area contributed by atoms with Gasteiger partial charge in [0, 0.05) is 30.7 Å². The topological polar surface area (TPSA) is 102 Å². The lowest BCUT2D eigenvalue weighted by Gasteiger charge is -2.15. The number of benzene rings is 1. The fourth-order valence-electron chi connectivity index (χ4n) is 1.93. The molecule has 0 radical (unpaired) electrons. The number of nitrogens with one attached hydrogen (secondary N) is 2. The van der Waals surface area contributed by atoms with Crippen LogP contribution >= 0.6 is 0 Å². The second-order valence-electron chi connectivity index (χ2n) is 4.53. The minimum atomic E-state index is -0.582. The highest BCUT2D eigenvalue weighted by Gasteiger charge is 2.20. The number of imidazole rings is 1. The number of nitrogens with two attached hydrogens (primary N) is 1. The average Bonchev–Trinajstić information content (AvgIpc) is 2.95. The molecule has 3 amide bonds. The predicted octanol–water partition coefficient (Wildman–Crippen LogP) is 1.15. The van der Waals surface area contributed by atoms with Crippen molar-refractivity contribution in [3.05, 3.63) is 36.7 Å². The van der Waals surface area contributed by atoms with Gasteiger partial charge in [0.15, 0.2) is 0 Å². The number of hydrogen-bond donors (Lipinski definition) is 3. The first-order chi connectivity index (χ1) is 10.0. The van der Waals surface area contributed by atoms with E-state index >= 15 is 0 Å². The molecule has 1 unspecified atom stereocenters. The van der Waals surface area contributed by atoms with Gasteiger partial charge in [-0.15, -0.1) is 0 Å². The molecule has 1 heterocycles. The Kier molecular flexibility index (Phi) is 4.22. The first-order valence-corrected chi connectivity index (χ1v) is 6.44. The van der Waals surface area contributed by atoms with Crippen molar-refractivity contribution in [1.29, 1.82) is 0 Å². The van der Waals surface area contributed by atoms with Crippen molar-refractivity contribution >= 4 is 17.6 Å². The van der Waals surface area contributed by atoms with Crippen LogP contribution in [-0.4, -0.2) is 28.5 Å². The smallest absolute Gasteiger partial charge is 0.321 e. The summed E-state index contributed by atoms with van der Waals surface area (Å²) >= 11 is 0. The van der Waals surface area contributed by atoms with Gasteiger partial charge in [0.05, 0.1) is 0 Å². The molecule has 1 aromatic heterocycles. The molecule has 2 rings (SSSR count). The maximum Gasteiger partial charge on any atom is 0.321 e. The van der Waals surface area contributed by atoms with Gasteiger partial charge in [-0.25, -0.2) is 9.78 Å². The summed E-state index contributed by atoms with van der Waals surface area (Å²) in [5.74, 6) is 0.194. The monoisotopic (exact) mass is 287 g/mol. The second kappa shape index (κ2) is 6.08. The van der Waals surface area contributed by atoms with Gasteiger partial charge in [-0.05, 0) is 19.1 Å². The van der Waals surface area contributed by atoms with Gasteiger partial charge in [-0.1, -0.05) is 12.1 Å². The summed E-state index contributed by atoms with van der Waals surface area (Å²) in [6, 6.07) is 6.11. The van der Waals surface area contributed by atoms with Crippen LogP contribution < -0.4 is 16.4 Å². The molecule has 1 atom stereocenters. The van der Waals surface area contributed by atoms with Crippen LogP contribution in [0.25, 0.3) is 11.4 Å². The van der Waals surface area contributed by atoms with Crippen LogP contribution in [-0.2, 0) is 4.79 Å². The van der Waals surface area contributed by atoms with Gasteiger partial charge in [-0.3, -0.25) is 10.1 Å². The van der Waals surface area contributed by atoms with Crippen molar-refractivity contribution in [3.63, 3.8) is 0 Å². The van der Waals surface area contributed by atoms with Crippen molar-refractivity contribution in [2.75, 3.05) is 12.8 Å². The van der Waals surface area contributed by atoms with E-state index in [0.717, 1.165) is 5.56 Å². The van der Waals surface area contributed by atoms with Crippen LogP contribution in [0.5, 0.6) is 0 Å². The Labute approximate surface area is 122 Å². The number of urea groups is 1. The summed E-state index contributed by atoms with van der Waals surface area (Å²) < 4.78 is 1.69. The minimum absolute atomic E-state index is 0.419. The lowest BCUT2D eigenvalue weighted by atomic mass is 10.2. The van der Waals surface area contributed by atoms with E-state index in [9.17, 15) is 9.59 Å². The van der Waals surface area contributed by atoms with Crippen molar-refractivity contribution < 1.29 is 9.59 Å². The lowest BCUT2D eigenvalue weighted by molar-refractivity contribution is -0.122. The molecular formula is C14H17N5O2. The Morgan fingerprint density at radius 3 is 2.81 bits per heavy atom. The lowest BCUT2D eigenvalue weighted by Crippen LogP contribution is -2.40. The van der Waals surface area contributed by atoms with Gasteiger partial charge in [-0.2, -0.15) is 0 Å². The van der Waals surface area contributed by atoms with Crippen LogP contribution in [0.2, 0.25) is 0 Å². The number of carbonyl (C=O) groups excluding carboxylic acids is 2. The van der Waals surface area contributed by atoms with E-state index in [2.05, 4.69) is 15.6 Å². The van der Waals surface area contributed by atoms with E-state index < -0.39 is 18.0 Å². The summed E-state index contributed by atoms with van der Waals surface area (Å²) in [6.07, 6.45) is 3.29. The fraction of sp³-hybridized carbons (Fsp3) is 0.214. The van der Waals surface area contributed by atoms with E-state index in [-0.39, 0.29) is 0 Å². The van der Waals surface area contributed by atoms with Crippen LogP contribution in [0.15, 0.2) is 36.7 Å². The Bertz CT molecular complexity index is 665. The summed E-state index contributed by atoms with van der Waals surface area (Å²) in [5, 5.41) is 4.58. The molecule has 0 aliphatic rings. The number of nitrogens with zero attached hydrogens (tertiary/aromatic N) is 2. The number of rotatable bonds is 3. The molecule has 4 N–H and O–H groups in total. The van der Waals surface area contributed by atoms with Crippen molar-refractivity contribution in [2.45, 2.75) is 13.0 Å². The molecule has 2 aromatic rings. The van der Waals surface area contributed by atoms with Crippen LogP contribution in [0, 0.1) is 0 Å². The molecule has 0 aliphatic heterocycles. The van der Waals surface area contributed by atoms with Gasteiger partial charge in [0.2, 0.25) is 0 Å². The van der Waals surface area contributed by atoms with Crippen LogP contribution in [0.1, 0.15) is 13.0 Å². The number of hydrogen-bond acceptors (Lipinski definition) is 4. The number of carbonyl (C=O) groups is 2. The number of amides is 3. The highest BCUT2D eigenvalue weighted by Crippen LogP contribution is 2.22. The third kappa shape index (κ3) is 3.19. The largest absolute Gasteiger partial charge is 0.399 e.